The maximum absolute atomic E-state index is 13.2. The fraction of sp³-hybridized carbons (Fsp3) is 0.0323. The molecule has 87 heavy (non-hydrogen) atoms. The van der Waals surface area contributed by atoms with Gasteiger partial charge in [-0.05, 0) is 193 Å². The Labute approximate surface area is 521 Å². The zero-order chi connectivity index (χ0) is 61.8. The molecule has 0 saturated carbocycles. The van der Waals surface area contributed by atoms with Gasteiger partial charge in [-0.15, -0.1) is 0 Å². The number of amides is 6. The summed E-state index contributed by atoms with van der Waals surface area (Å²) in [7, 11) is 1.55. The lowest BCUT2D eigenvalue weighted by atomic mass is 9.99. The standard InChI is InChI=1S/C22H15BrN2O3S.C22H12ClFN2O5S.C18H11FN2O4S/c1-28-19-11-6-13-4-2-3-5-16(13)17(19)12-18-20(26)24-22(29)25(21(18)27)15-9-7-14(23)8-10-15;23-17-7-1-11(9-15(17)21(29)30)18-8-6-14(31-18)10-16-19(27)25-22(32)26(20(16)28)13-4-2-12(24)3-5-13;19-11-2-4-12(5-3-11)21-17(23)13(16(22)20-18(21)26)7-10-1-6-14-15(8-10)25-9-24-14/h2-12H,1H3,(H,24,26,29);1-10H,(H,29,30)(H,25,27,32);1-8H,9H2,(H,20,22,26)/b18-12-;16-10+;13-7+. The summed E-state index contributed by atoms with van der Waals surface area (Å²) < 4.78 is 49.0. The SMILES string of the molecule is COc1ccc2ccccc2c1/C=C1/C(=O)NC(=S)N(c2ccc(Br)cc2)C1=O.O=C1NC(=S)N(c2ccc(F)cc2)C(=O)/C1=C/c1ccc(-c2ccc(Cl)c(C(=O)O)c2)o1.O=C1NC(=S)N(c2ccc(F)cc2)C(=O)/C1=C/c1ccc2c(c1)OCO2. The number of carbonyl (C=O) groups excluding carboxylic acids is 6. The molecule has 8 aromatic rings. The van der Waals surface area contributed by atoms with Crippen molar-refractivity contribution in [3.63, 3.8) is 0 Å². The number of methoxy groups -OCH3 is 1. The first kappa shape index (κ1) is 60.0. The summed E-state index contributed by atoms with van der Waals surface area (Å²) in [6.07, 6.45) is 4.25. The number of thiocarbonyl (C=S) groups is 3. The van der Waals surface area contributed by atoms with Crippen molar-refractivity contribution in [2.75, 3.05) is 28.6 Å². The Kier molecular flexibility index (Phi) is 17.7. The minimum absolute atomic E-state index is 0.0174. The smallest absolute Gasteiger partial charge is 0.337 e. The van der Waals surface area contributed by atoms with Crippen LogP contribution in [0.3, 0.4) is 0 Å². The van der Waals surface area contributed by atoms with Gasteiger partial charge in [0.05, 0.1) is 34.8 Å². The van der Waals surface area contributed by atoms with E-state index in [2.05, 4.69) is 31.9 Å². The van der Waals surface area contributed by atoms with Gasteiger partial charge in [0.25, 0.3) is 35.4 Å². The molecule has 0 aliphatic carbocycles. The topological polar surface area (TPSA) is 226 Å². The van der Waals surface area contributed by atoms with Crippen LogP contribution < -0.4 is 44.9 Å². The van der Waals surface area contributed by atoms with E-state index in [0.29, 0.717) is 51.1 Å². The molecule has 1 aromatic heterocycles. The molecule has 3 fully saturated rings. The predicted octanol–water partition coefficient (Wildman–Crippen LogP) is 11.1. The zero-order valence-corrected chi connectivity index (χ0v) is 49.3. The normalized spacial score (nSPS) is 16.1. The number of hydrogen-bond acceptors (Lipinski definition) is 14. The average Bonchev–Trinajstić information content (AvgIpc) is 2.48. The summed E-state index contributed by atoms with van der Waals surface area (Å²) in [4.78, 5) is 91.1. The Morgan fingerprint density at radius 3 is 1.68 bits per heavy atom. The molecule has 6 amide bonds. The summed E-state index contributed by atoms with van der Waals surface area (Å²) in [6.45, 7) is 0.126. The fourth-order valence-corrected chi connectivity index (χ4v) is 10.2. The molecular formula is C62H38BrClF2N6O12S3. The number of ether oxygens (including phenoxy) is 3. The third-order valence-corrected chi connectivity index (χ3v) is 14.8. The van der Waals surface area contributed by atoms with Gasteiger partial charge in [0.1, 0.15) is 45.6 Å². The Bertz CT molecular complexity index is 4350. The summed E-state index contributed by atoms with van der Waals surface area (Å²) in [5, 5.41) is 18.5. The second kappa shape index (κ2) is 25.6. The minimum atomic E-state index is -1.19. The molecule has 4 aliphatic rings. The van der Waals surface area contributed by atoms with E-state index in [1.54, 1.807) is 67.8 Å². The molecular weight excluding hydrogens is 1270 g/mol. The minimum Gasteiger partial charge on any atom is -0.496 e. The lowest BCUT2D eigenvalue weighted by Crippen LogP contribution is -2.54. The van der Waals surface area contributed by atoms with Crippen LogP contribution in [0, 0.1) is 11.6 Å². The van der Waals surface area contributed by atoms with E-state index in [9.17, 15) is 47.4 Å². The number of rotatable bonds is 9. The van der Waals surface area contributed by atoms with E-state index in [1.807, 2.05) is 36.4 Å². The number of furan rings is 1. The number of fused-ring (bicyclic) bond motifs is 2. The third-order valence-electron chi connectivity index (χ3n) is 13.1. The monoisotopic (exact) mass is 1310 g/mol. The maximum Gasteiger partial charge on any atom is 0.337 e. The van der Waals surface area contributed by atoms with Crippen LogP contribution in [0.25, 0.3) is 40.3 Å². The van der Waals surface area contributed by atoms with E-state index < -0.39 is 53.0 Å². The highest BCUT2D eigenvalue weighted by Crippen LogP contribution is 2.36. The van der Waals surface area contributed by atoms with Crippen molar-refractivity contribution < 1.29 is 66.1 Å². The summed E-state index contributed by atoms with van der Waals surface area (Å²) in [5.74, 6) is -3.56. The van der Waals surface area contributed by atoms with Gasteiger partial charge < -0.3 is 23.7 Å². The van der Waals surface area contributed by atoms with Crippen molar-refractivity contribution >= 4 is 167 Å². The molecule has 0 bridgehead atoms. The van der Waals surface area contributed by atoms with Crippen molar-refractivity contribution in [2.45, 2.75) is 0 Å². The highest BCUT2D eigenvalue weighted by Gasteiger charge is 2.37. The van der Waals surface area contributed by atoms with Crippen molar-refractivity contribution in [1.29, 1.82) is 0 Å². The molecule has 4 N–H and O–H groups in total. The highest BCUT2D eigenvalue weighted by molar-refractivity contribution is 9.10. The number of nitrogens with one attached hydrogen (secondary N) is 3. The Morgan fingerprint density at radius 2 is 1.13 bits per heavy atom. The number of nitrogens with zero attached hydrogens (tertiary/aromatic N) is 3. The summed E-state index contributed by atoms with van der Waals surface area (Å²) >= 11 is 24.7. The van der Waals surface area contributed by atoms with Gasteiger partial charge in [0.15, 0.2) is 26.8 Å². The van der Waals surface area contributed by atoms with Crippen LogP contribution in [0.2, 0.25) is 5.02 Å². The second-order valence-electron chi connectivity index (χ2n) is 18.5. The van der Waals surface area contributed by atoms with Crippen molar-refractivity contribution in [3.8, 4) is 28.6 Å². The molecule has 18 nitrogen and oxygen atoms in total. The van der Waals surface area contributed by atoms with Crippen molar-refractivity contribution in [1.82, 2.24) is 16.0 Å². The number of halogens is 4. The molecule has 3 saturated heterocycles. The van der Waals surface area contributed by atoms with E-state index in [4.69, 9.17) is 66.9 Å². The van der Waals surface area contributed by atoms with Crippen LogP contribution in [-0.2, 0) is 28.8 Å². The third kappa shape index (κ3) is 12.9. The average molecular weight is 1310 g/mol. The molecule has 25 heteroatoms. The first-order valence-corrected chi connectivity index (χ1v) is 27.8. The molecule has 0 spiro atoms. The number of anilines is 3. The van der Waals surface area contributed by atoms with Crippen molar-refractivity contribution in [2.24, 2.45) is 0 Å². The number of carboxylic acid groups (broad SMARTS) is 1. The van der Waals surface area contributed by atoms with Gasteiger partial charge >= 0.3 is 5.97 Å². The first-order valence-electron chi connectivity index (χ1n) is 25.4. The molecule has 0 atom stereocenters. The first-order chi connectivity index (χ1) is 41.8. The number of benzene rings is 7. The zero-order valence-electron chi connectivity index (χ0n) is 44.5. The van der Waals surface area contributed by atoms with Gasteiger partial charge in [0, 0.05) is 15.6 Å². The number of carbonyl (C=O) groups is 7. The van der Waals surface area contributed by atoms with E-state index >= 15 is 0 Å². The Hall–Kier alpha value is -10.1. The van der Waals surface area contributed by atoms with Gasteiger partial charge in [-0.1, -0.05) is 63.9 Å². The van der Waals surface area contributed by atoms with Crippen molar-refractivity contribution in [3.05, 3.63) is 218 Å². The number of hydrogen-bond donors (Lipinski definition) is 4. The van der Waals surface area contributed by atoms with Crippen LogP contribution in [-0.4, -0.2) is 75.8 Å². The van der Waals surface area contributed by atoms with Crippen LogP contribution >= 0.6 is 64.2 Å². The molecule has 12 rings (SSSR count). The Morgan fingerprint density at radius 1 is 0.609 bits per heavy atom. The second-order valence-corrected chi connectivity index (χ2v) is 21.0. The maximum atomic E-state index is 13.2. The number of carboxylic acids is 1. The Balaban J connectivity index is 0.000000145. The lowest BCUT2D eigenvalue weighted by molar-refractivity contribution is -0.123. The predicted molar refractivity (Wildman–Crippen MR) is 335 cm³/mol. The van der Waals surface area contributed by atoms with Crippen LogP contribution in [0.15, 0.2) is 183 Å². The van der Waals surface area contributed by atoms with Gasteiger partial charge in [-0.3, -0.25) is 59.4 Å². The number of aromatic carboxylic acids is 1. The molecule has 7 aromatic carbocycles. The van der Waals surface area contributed by atoms with Crippen LogP contribution in [0.5, 0.6) is 17.2 Å². The molecule has 4 aliphatic heterocycles. The van der Waals surface area contributed by atoms with Gasteiger partial charge in [0.2, 0.25) is 6.79 Å². The lowest BCUT2D eigenvalue weighted by Gasteiger charge is -2.29. The largest absolute Gasteiger partial charge is 0.496 e. The van der Waals surface area contributed by atoms with Crippen LogP contribution in [0.4, 0.5) is 25.8 Å². The highest BCUT2D eigenvalue weighted by atomic mass is 79.9. The van der Waals surface area contributed by atoms with E-state index in [0.717, 1.165) is 25.0 Å². The molecule has 0 radical (unpaired) electrons. The van der Waals surface area contributed by atoms with E-state index in [-0.39, 0.29) is 60.9 Å². The molecule has 434 valence electrons. The quantitative estimate of drug-likeness (QED) is 0.0599. The fourth-order valence-electron chi connectivity index (χ4n) is 8.93. The van der Waals surface area contributed by atoms with Gasteiger partial charge in [-0.2, -0.15) is 0 Å². The molecule has 5 heterocycles. The molecule has 0 unspecified atom stereocenters. The van der Waals surface area contributed by atoms with E-state index in [1.165, 1.54) is 83.8 Å². The summed E-state index contributed by atoms with van der Waals surface area (Å²) in [5.41, 5.74) is 2.47. The van der Waals surface area contributed by atoms with Gasteiger partial charge in [-0.25, -0.2) is 13.6 Å². The summed E-state index contributed by atoms with van der Waals surface area (Å²) in [6, 6.07) is 41.4. The van der Waals surface area contributed by atoms with Crippen LogP contribution in [0.1, 0.15) is 27.2 Å².